The molecule has 4 nitrogen and oxygen atoms in total. The summed E-state index contributed by atoms with van der Waals surface area (Å²) in [7, 11) is -3.77. The summed E-state index contributed by atoms with van der Waals surface area (Å²) in [6, 6.07) is 6.53. The van der Waals surface area contributed by atoms with Gasteiger partial charge in [0.15, 0.2) is 20.9 Å². The Morgan fingerprint density at radius 1 is 1.19 bits per heavy atom. The zero-order chi connectivity index (χ0) is 15.8. The van der Waals surface area contributed by atoms with Gasteiger partial charge in [-0.25, -0.2) is 8.42 Å². The summed E-state index contributed by atoms with van der Waals surface area (Å²) in [5, 5.41) is -1.19. The average Bonchev–Trinajstić information content (AvgIpc) is 2.61. The number of ether oxygens (including phenoxy) is 1. The fourth-order valence-corrected chi connectivity index (χ4v) is 4.35. The molecular weight excluding hydrogens is 288 g/mol. The highest BCUT2D eigenvalue weighted by Crippen LogP contribution is 2.34. The highest BCUT2D eigenvalue weighted by Gasteiger charge is 2.54. The summed E-state index contributed by atoms with van der Waals surface area (Å²) in [4.78, 5) is 12.6. The van der Waals surface area contributed by atoms with E-state index in [2.05, 4.69) is 0 Å². The molecule has 1 aromatic rings. The van der Waals surface area contributed by atoms with Gasteiger partial charge in [-0.2, -0.15) is 0 Å². The van der Waals surface area contributed by atoms with E-state index in [1.807, 2.05) is 6.92 Å². The number of allylic oxidation sites excluding steroid dienone is 1. The predicted octanol–water partition coefficient (Wildman–Crippen LogP) is 2.46. The minimum absolute atomic E-state index is 0.155. The first-order chi connectivity index (χ1) is 9.70. The van der Waals surface area contributed by atoms with Crippen LogP contribution in [0.4, 0.5) is 0 Å². The van der Waals surface area contributed by atoms with Gasteiger partial charge in [0.25, 0.3) is 0 Å². The fraction of sp³-hybridized carbons (Fsp3) is 0.438. The van der Waals surface area contributed by atoms with Gasteiger partial charge < -0.3 is 4.74 Å². The number of Topliss-reactive ketones (excluding diaryl/α,β-unsaturated/α-hetero) is 1. The minimum atomic E-state index is -3.77. The average molecular weight is 308 g/mol. The molecular formula is C16H20O4S. The molecule has 0 amide bonds. The number of ketones is 1. The number of aryl methyl sites for hydroxylation is 1. The maximum atomic E-state index is 12.8. The van der Waals surface area contributed by atoms with Crippen LogP contribution in [-0.2, 0) is 19.4 Å². The highest BCUT2D eigenvalue weighted by molar-refractivity contribution is 7.93. The van der Waals surface area contributed by atoms with E-state index in [1.54, 1.807) is 45.1 Å². The molecule has 1 aliphatic heterocycles. The molecule has 114 valence electrons. The number of sulfone groups is 1. The second kappa shape index (κ2) is 5.39. The molecule has 0 aliphatic carbocycles. The van der Waals surface area contributed by atoms with E-state index in [9.17, 15) is 13.2 Å². The number of rotatable bonds is 3. The molecule has 1 aliphatic rings. The van der Waals surface area contributed by atoms with Gasteiger partial charge in [0.05, 0.1) is 4.90 Å². The van der Waals surface area contributed by atoms with Crippen molar-refractivity contribution in [3.63, 3.8) is 0 Å². The second-order valence-corrected chi connectivity index (χ2v) is 7.83. The van der Waals surface area contributed by atoms with Gasteiger partial charge in [-0.05, 0) is 39.8 Å². The van der Waals surface area contributed by atoms with Crippen LogP contribution in [0.1, 0.15) is 26.3 Å². The van der Waals surface area contributed by atoms with Gasteiger partial charge in [0.1, 0.15) is 11.7 Å². The second-order valence-electron chi connectivity index (χ2n) is 5.76. The molecule has 0 saturated carbocycles. The van der Waals surface area contributed by atoms with Gasteiger partial charge >= 0.3 is 0 Å². The van der Waals surface area contributed by atoms with Gasteiger partial charge in [-0.3, -0.25) is 4.79 Å². The molecule has 0 N–H and O–H groups in total. The smallest absolute Gasteiger partial charge is 0.191 e. The molecule has 0 bridgehead atoms. The molecule has 2 atom stereocenters. The summed E-state index contributed by atoms with van der Waals surface area (Å²) in [5.41, 5.74) is -0.125. The van der Waals surface area contributed by atoms with Crippen LogP contribution >= 0.6 is 0 Å². The molecule has 0 unspecified atom stereocenters. The van der Waals surface area contributed by atoms with Crippen LogP contribution in [0.3, 0.4) is 0 Å². The van der Waals surface area contributed by atoms with Crippen LogP contribution < -0.4 is 0 Å². The van der Waals surface area contributed by atoms with Crippen molar-refractivity contribution in [3.8, 4) is 0 Å². The Bertz CT molecular complexity index is 669. The Kier molecular flexibility index (Phi) is 4.08. The number of carbonyl (C=O) groups is 1. The van der Waals surface area contributed by atoms with Gasteiger partial charge in [-0.15, -0.1) is 0 Å². The molecule has 0 radical (unpaired) electrons. The summed E-state index contributed by atoms with van der Waals surface area (Å²) < 4.78 is 31.2. The number of hydrogen-bond acceptors (Lipinski definition) is 4. The van der Waals surface area contributed by atoms with Crippen LogP contribution in [0.5, 0.6) is 0 Å². The Balaban J connectivity index is 2.51. The van der Waals surface area contributed by atoms with Crippen molar-refractivity contribution in [2.45, 2.75) is 49.5 Å². The molecule has 2 rings (SSSR count). The quantitative estimate of drug-likeness (QED) is 0.805. The van der Waals surface area contributed by atoms with Crippen LogP contribution in [-0.4, -0.2) is 31.2 Å². The van der Waals surface area contributed by atoms with Crippen molar-refractivity contribution in [1.29, 1.82) is 0 Å². The number of carbonyl (C=O) groups excluding carboxylic acids is 1. The third-order valence-electron chi connectivity index (χ3n) is 3.65. The van der Waals surface area contributed by atoms with Crippen molar-refractivity contribution in [3.05, 3.63) is 42.0 Å². The minimum Gasteiger partial charge on any atom is -0.359 e. The first-order valence-corrected chi connectivity index (χ1v) is 8.40. The Morgan fingerprint density at radius 3 is 2.29 bits per heavy atom. The standard InChI is InChI=1S/C16H20O4S/c1-5-6-13-14(15(17)16(3,4)20-13)21(18,19)12-9-7-11(2)8-10-12/h5-10,13-14H,1-4H3/b6-5+/t13-,14-/m0/s1. The Labute approximate surface area is 125 Å². The van der Waals surface area contributed by atoms with E-state index < -0.39 is 32.6 Å². The zero-order valence-electron chi connectivity index (χ0n) is 12.7. The van der Waals surface area contributed by atoms with Crippen molar-refractivity contribution < 1.29 is 17.9 Å². The summed E-state index contributed by atoms with van der Waals surface area (Å²) in [6.45, 7) is 6.87. The monoisotopic (exact) mass is 308 g/mol. The van der Waals surface area contributed by atoms with Crippen molar-refractivity contribution in [2.75, 3.05) is 0 Å². The lowest BCUT2D eigenvalue weighted by molar-refractivity contribution is -0.128. The summed E-state index contributed by atoms with van der Waals surface area (Å²) >= 11 is 0. The first kappa shape index (κ1) is 15.9. The Morgan fingerprint density at radius 2 is 1.76 bits per heavy atom. The van der Waals surface area contributed by atoms with Crippen LogP contribution in [0.2, 0.25) is 0 Å². The van der Waals surface area contributed by atoms with E-state index in [4.69, 9.17) is 4.74 Å². The lowest BCUT2D eigenvalue weighted by Gasteiger charge is -2.15. The molecule has 1 aromatic carbocycles. The summed E-state index contributed by atoms with van der Waals surface area (Å²) in [6.07, 6.45) is 2.59. The van der Waals surface area contributed by atoms with Crippen molar-refractivity contribution in [2.24, 2.45) is 0 Å². The molecule has 0 spiro atoms. The number of hydrogen-bond donors (Lipinski definition) is 0. The van der Waals surface area contributed by atoms with E-state index in [0.29, 0.717) is 0 Å². The van der Waals surface area contributed by atoms with Gasteiger partial charge in [-0.1, -0.05) is 29.8 Å². The predicted molar refractivity (Wildman–Crippen MR) is 80.9 cm³/mol. The zero-order valence-corrected chi connectivity index (χ0v) is 13.5. The SMILES string of the molecule is C/C=C/[C@@H]1OC(C)(C)C(=O)[C@H]1S(=O)(=O)c1ccc(C)cc1. The molecule has 1 heterocycles. The highest BCUT2D eigenvalue weighted by atomic mass is 32.2. The lowest BCUT2D eigenvalue weighted by atomic mass is 10.0. The van der Waals surface area contributed by atoms with E-state index in [1.165, 1.54) is 12.1 Å². The van der Waals surface area contributed by atoms with E-state index in [-0.39, 0.29) is 4.90 Å². The van der Waals surface area contributed by atoms with Crippen molar-refractivity contribution in [1.82, 2.24) is 0 Å². The normalized spacial score (nSPS) is 25.6. The lowest BCUT2D eigenvalue weighted by Crippen LogP contribution is -2.38. The van der Waals surface area contributed by atoms with Gasteiger partial charge in [0, 0.05) is 0 Å². The number of benzene rings is 1. The van der Waals surface area contributed by atoms with E-state index in [0.717, 1.165) is 5.56 Å². The molecule has 5 heteroatoms. The molecule has 0 aromatic heterocycles. The third kappa shape index (κ3) is 2.80. The van der Waals surface area contributed by atoms with Crippen LogP contribution in [0.25, 0.3) is 0 Å². The van der Waals surface area contributed by atoms with Gasteiger partial charge in [0.2, 0.25) is 0 Å². The van der Waals surface area contributed by atoms with Crippen LogP contribution in [0, 0.1) is 6.92 Å². The maximum absolute atomic E-state index is 12.8. The van der Waals surface area contributed by atoms with Crippen molar-refractivity contribution >= 4 is 15.6 Å². The fourth-order valence-electron chi connectivity index (χ4n) is 2.47. The Hall–Kier alpha value is -1.46. The first-order valence-electron chi connectivity index (χ1n) is 6.85. The molecule has 1 saturated heterocycles. The summed E-state index contributed by atoms with van der Waals surface area (Å²) in [5.74, 6) is -0.397. The van der Waals surface area contributed by atoms with Crippen LogP contribution in [0.15, 0.2) is 41.3 Å². The maximum Gasteiger partial charge on any atom is 0.191 e. The topological polar surface area (TPSA) is 60.4 Å². The largest absolute Gasteiger partial charge is 0.359 e. The molecule has 21 heavy (non-hydrogen) atoms. The third-order valence-corrected chi connectivity index (χ3v) is 5.73. The molecule has 1 fully saturated rings. The van der Waals surface area contributed by atoms with E-state index >= 15 is 0 Å².